The fourth-order valence-corrected chi connectivity index (χ4v) is 4.15. The molecule has 0 aromatic rings. The monoisotopic (exact) mass is 690 g/mol. The Balaban J connectivity index is 0. The average molecular weight is 691 g/mol. The van der Waals surface area contributed by atoms with E-state index in [1.807, 2.05) is 41.5 Å². The lowest BCUT2D eigenvalue weighted by atomic mass is 10.0. The van der Waals surface area contributed by atoms with Gasteiger partial charge in [-0.3, -0.25) is 19.2 Å². The standard InChI is InChI=1S/C25H44O8.C12H26O3/c26-17-9-1-7-15-24(30)32-19-11-3-5-13-22(28)21-23(29)14-6-4-12-20-33-25(31)16-8-2-10-18-27;1-11(2,3)14-9-7-13-8-10-15-12(4,5)6/h26-27H,1-21H2;7-10H2,1-6H3. The van der Waals surface area contributed by atoms with Gasteiger partial charge in [0.2, 0.25) is 0 Å². The van der Waals surface area contributed by atoms with E-state index in [0.717, 1.165) is 38.5 Å². The van der Waals surface area contributed by atoms with E-state index in [2.05, 4.69) is 0 Å². The molecule has 0 aliphatic rings. The molecule has 0 rings (SSSR count). The molecular formula is C37H70O11. The molecule has 0 aromatic heterocycles. The van der Waals surface area contributed by atoms with Crippen LogP contribution in [0.4, 0.5) is 0 Å². The summed E-state index contributed by atoms with van der Waals surface area (Å²) in [5.41, 5.74) is -0.156. The molecule has 0 spiro atoms. The minimum Gasteiger partial charge on any atom is -0.466 e. The highest BCUT2D eigenvalue weighted by molar-refractivity contribution is 5.98. The number of aliphatic hydroxyl groups is 2. The number of ether oxygens (including phenoxy) is 5. The summed E-state index contributed by atoms with van der Waals surface area (Å²) < 4.78 is 26.7. The van der Waals surface area contributed by atoms with Gasteiger partial charge in [-0.2, -0.15) is 0 Å². The Bertz CT molecular complexity index is 736. The third-order valence-electron chi connectivity index (χ3n) is 6.72. The fraction of sp³-hybridized carbons (Fsp3) is 0.892. The topological polar surface area (TPSA) is 155 Å². The van der Waals surface area contributed by atoms with Gasteiger partial charge in [0, 0.05) is 38.9 Å². The van der Waals surface area contributed by atoms with Gasteiger partial charge in [-0.15, -0.1) is 0 Å². The van der Waals surface area contributed by atoms with Gasteiger partial charge in [-0.25, -0.2) is 0 Å². The number of carbonyl (C=O) groups is 4. The molecule has 0 saturated carbocycles. The van der Waals surface area contributed by atoms with Crippen molar-refractivity contribution < 1.29 is 53.1 Å². The Hall–Kier alpha value is -1.92. The second-order valence-corrected chi connectivity index (χ2v) is 13.9. The van der Waals surface area contributed by atoms with Gasteiger partial charge in [0.25, 0.3) is 0 Å². The molecule has 284 valence electrons. The molecule has 2 N–H and O–H groups in total. The first-order chi connectivity index (χ1) is 22.7. The predicted octanol–water partition coefficient (Wildman–Crippen LogP) is 6.46. The lowest BCUT2D eigenvalue weighted by Gasteiger charge is -2.20. The van der Waals surface area contributed by atoms with Crippen LogP contribution in [0.5, 0.6) is 0 Å². The van der Waals surface area contributed by atoms with E-state index >= 15 is 0 Å². The predicted molar refractivity (Wildman–Crippen MR) is 187 cm³/mol. The number of hydrogen-bond donors (Lipinski definition) is 2. The number of aliphatic hydroxyl groups excluding tert-OH is 2. The van der Waals surface area contributed by atoms with E-state index in [1.54, 1.807) is 0 Å². The van der Waals surface area contributed by atoms with Crippen molar-refractivity contribution in [3.8, 4) is 0 Å². The number of ketones is 2. The number of hydrogen-bond acceptors (Lipinski definition) is 11. The van der Waals surface area contributed by atoms with E-state index in [-0.39, 0.29) is 54.3 Å². The molecule has 0 amide bonds. The Labute approximate surface area is 291 Å². The van der Waals surface area contributed by atoms with E-state index in [4.69, 9.17) is 33.9 Å². The zero-order chi connectivity index (χ0) is 36.5. The summed E-state index contributed by atoms with van der Waals surface area (Å²) in [6.07, 6.45) is 10.3. The van der Waals surface area contributed by atoms with Crippen molar-refractivity contribution in [3.05, 3.63) is 0 Å². The van der Waals surface area contributed by atoms with Crippen LogP contribution in [-0.4, -0.2) is 97.8 Å². The van der Waals surface area contributed by atoms with Crippen LogP contribution in [0, 0.1) is 0 Å². The quantitative estimate of drug-likeness (QED) is 0.0485. The summed E-state index contributed by atoms with van der Waals surface area (Å²) in [6.45, 7) is 15.8. The van der Waals surface area contributed by atoms with Crippen LogP contribution in [-0.2, 0) is 42.9 Å². The highest BCUT2D eigenvalue weighted by Gasteiger charge is 2.12. The van der Waals surface area contributed by atoms with Crippen molar-refractivity contribution in [2.24, 2.45) is 0 Å². The van der Waals surface area contributed by atoms with Crippen LogP contribution >= 0.6 is 0 Å². The number of rotatable bonds is 30. The number of unbranched alkanes of at least 4 members (excludes halogenated alkanes) is 8. The van der Waals surface area contributed by atoms with Gasteiger partial charge in [-0.05, 0) is 106 Å². The van der Waals surface area contributed by atoms with E-state index in [0.29, 0.717) is 104 Å². The maximum absolute atomic E-state index is 11.9. The maximum atomic E-state index is 11.9. The minimum absolute atomic E-state index is 0.0222. The molecule has 0 aromatic carbocycles. The van der Waals surface area contributed by atoms with Gasteiger partial charge in [-0.1, -0.05) is 12.8 Å². The first-order valence-corrected chi connectivity index (χ1v) is 18.1. The molecular weight excluding hydrogens is 620 g/mol. The van der Waals surface area contributed by atoms with Crippen molar-refractivity contribution in [1.29, 1.82) is 0 Å². The van der Waals surface area contributed by atoms with Crippen molar-refractivity contribution in [2.75, 3.05) is 52.9 Å². The highest BCUT2D eigenvalue weighted by Crippen LogP contribution is 2.10. The van der Waals surface area contributed by atoms with E-state index in [9.17, 15) is 19.2 Å². The second-order valence-electron chi connectivity index (χ2n) is 13.9. The molecule has 0 saturated heterocycles. The number of esters is 2. The van der Waals surface area contributed by atoms with Crippen molar-refractivity contribution in [3.63, 3.8) is 0 Å². The number of carbonyl (C=O) groups excluding carboxylic acids is 4. The van der Waals surface area contributed by atoms with Crippen LogP contribution in [0.25, 0.3) is 0 Å². The highest BCUT2D eigenvalue weighted by atomic mass is 16.6. The summed E-state index contributed by atoms with van der Waals surface area (Å²) >= 11 is 0. The second kappa shape index (κ2) is 32.3. The van der Waals surface area contributed by atoms with Gasteiger partial charge < -0.3 is 33.9 Å². The molecule has 48 heavy (non-hydrogen) atoms. The lowest BCUT2D eigenvalue weighted by molar-refractivity contribution is -0.144. The van der Waals surface area contributed by atoms with E-state index in [1.165, 1.54) is 0 Å². The molecule has 0 atom stereocenters. The number of Topliss-reactive ketones (excluding diaryl/α,β-unsaturated/α-hetero) is 2. The first-order valence-electron chi connectivity index (χ1n) is 18.1. The molecule has 0 unspecified atom stereocenters. The third-order valence-corrected chi connectivity index (χ3v) is 6.72. The SMILES string of the molecule is CC(C)(C)OCCOCCOC(C)(C)C.O=C(CCCCCOC(=O)CCCCCO)CC(=O)CCCCCOC(=O)CCCCCO. The molecule has 0 heterocycles. The Kier molecular flexibility index (Phi) is 32.4. The molecule has 0 aliphatic heterocycles. The Morgan fingerprint density at radius 2 is 0.792 bits per heavy atom. The minimum atomic E-state index is -0.220. The van der Waals surface area contributed by atoms with Crippen LogP contribution < -0.4 is 0 Å². The van der Waals surface area contributed by atoms with Crippen molar-refractivity contribution in [1.82, 2.24) is 0 Å². The van der Waals surface area contributed by atoms with E-state index < -0.39 is 0 Å². The van der Waals surface area contributed by atoms with Gasteiger partial charge >= 0.3 is 11.9 Å². The lowest BCUT2D eigenvalue weighted by Crippen LogP contribution is -2.24. The summed E-state index contributed by atoms with van der Waals surface area (Å²) in [5.74, 6) is -0.531. The zero-order valence-electron chi connectivity index (χ0n) is 31.2. The van der Waals surface area contributed by atoms with Crippen LogP contribution in [0.2, 0.25) is 0 Å². The van der Waals surface area contributed by atoms with Gasteiger partial charge in [0.05, 0.1) is 57.3 Å². The maximum Gasteiger partial charge on any atom is 0.305 e. The van der Waals surface area contributed by atoms with Gasteiger partial charge in [0.1, 0.15) is 11.6 Å². The molecule has 0 aliphatic carbocycles. The fourth-order valence-electron chi connectivity index (χ4n) is 4.15. The van der Waals surface area contributed by atoms with Crippen LogP contribution in [0.15, 0.2) is 0 Å². The molecule has 0 fully saturated rings. The molecule has 0 bridgehead atoms. The summed E-state index contributed by atoms with van der Waals surface area (Å²) in [4.78, 5) is 46.8. The smallest absolute Gasteiger partial charge is 0.305 e. The summed E-state index contributed by atoms with van der Waals surface area (Å²) in [7, 11) is 0. The molecule has 0 radical (unpaired) electrons. The molecule has 11 heteroatoms. The normalized spacial score (nSPS) is 11.5. The zero-order valence-corrected chi connectivity index (χ0v) is 31.2. The van der Waals surface area contributed by atoms with Crippen LogP contribution in [0.1, 0.15) is 151 Å². The first kappa shape index (κ1) is 48.2. The van der Waals surface area contributed by atoms with Crippen LogP contribution in [0.3, 0.4) is 0 Å². The third kappa shape index (κ3) is 42.1. The Morgan fingerprint density at radius 3 is 1.15 bits per heavy atom. The average Bonchev–Trinajstić information content (AvgIpc) is 2.99. The summed E-state index contributed by atoms with van der Waals surface area (Å²) in [5, 5.41) is 17.4. The van der Waals surface area contributed by atoms with Crippen molar-refractivity contribution >= 4 is 23.5 Å². The largest absolute Gasteiger partial charge is 0.466 e. The molecule has 11 nitrogen and oxygen atoms in total. The Morgan fingerprint density at radius 1 is 0.438 bits per heavy atom. The van der Waals surface area contributed by atoms with Gasteiger partial charge in [0.15, 0.2) is 0 Å². The van der Waals surface area contributed by atoms with Crippen molar-refractivity contribution in [2.45, 2.75) is 162 Å². The summed E-state index contributed by atoms with van der Waals surface area (Å²) in [6, 6.07) is 0.